The molecular formula is C30H28O5. The number of fused-ring (bicyclic) bond motifs is 2. The van der Waals surface area contributed by atoms with Crippen molar-refractivity contribution in [3.63, 3.8) is 0 Å². The van der Waals surface area contributed by atoms with Crippen molar-refractivity contribution in [2.75, 3.05) is 13.2 Å². The van der Waals surface area contributed by atoms with E-state index in [1.165, 1.54) is 0 Å². The fourth-order valence-corrected chi connectivity index (χ4v) is 4.44. The Balaban J connectivity index is 1.77. The molecule has 178 valence electrons. The van der Waals surface area contributed by atoms with Crippen molar-refractivity contribution in [2.24, 2.45) is 5.92 Å². The second kappa shape index (κ2) is 11.0. The Hall–Kier alpha value is -3.99. The highest BCUT2D eigenvalue weighted by Crippen LogP contribution is 2.34. The summed E-state index contributed by atoms with van der Waals surface area (Å²) in [5, 5.41) is 3.97. The van der Waals surface area contributed by atoms with Gasteiger partial charge in [0.25, 0.3) is 0 Å². The van der Waals surface area contributed by atoms with Gasteiger partial charge in [-0.1, -0.05) is 78.9 Å². The van der Waals surface area contributed by atoms with Crippen LogP contribution in [0.2, 0.25) is 0 Å². The molecule has 0 N–H and O–H groups in total. The zero-order chi connectivity index (χ0) is 24.8. The molecule has 5 nitrogen and oxygen atoms in total. The third-order valence-corrected chi connectivity index (χ3v) is 6.16. The van der Waals surface area contributed by atoms with E-state index in [4.69, 9.17) is 9.47 Å². The molecule has 0 bridgehead atoms. The van der Waals surface area contributed by atoms with E-state index in [2.05, 4.69) is 0 Å². The van der Waals surface area contributed by atoms with E-state index in [1.54, 1.807) is 19.9 Å². The Morgan fingerprint density at radius 3 is 1.74 bits per heavy atom. The lowest BCUT2D eigenvalue weighted by Gasteiger charge is -2.24. The Morgan fingerprint density at radius 2 is 1.17 bits per heavy atom. The van der Waals surface area contributed by atoms with Crippen LogP contribution in [-0.4, -0.2) is 30.9 Å². The van der Waals surface area contributed by atoms with Gasteiger partial charge in [-0.2, -0.15) is 0 Å². The molecule has 1 unspecified atom stereocenters. The van der Waals surface area contributed by atoms with Gasteiger partial charge >= 0.3 is 11.9 Å². The zero-order valence-electron chi connectivity index (χ0n) is 19.9. The first-order valence-corrected chi connectivity index (χ1v) is 11.9. The van der Waals surface area contributed by atoms with Gasteiger partial charge in [0.2, 0.25) is 0 Å². The van der Waals surface area contributed by atoms with Crippen molar-refractivity contribution in [3.05, 3.63) is 96.1 Å². The number of Topliss-reactive ketones (excluding diaryl/α,β-unsaturated/α-hetero) is 1. The van der Waals surface area contributed by atoms with Gasteiger partial charge in [0.15, 0.2) is 11.7 Å². The third kappa shape index (κ3) is 5.40. The van der Waals surface area contributed by atoms with Gasteiger partial charge in [-0.15, -0.1) is 0 Å². The molecule has 0 aliphatic heterocycles. The molecule has 35 heavy (non-hydrogen) atoms. The van der Waals surface area contributed by atoms with Crippen molar-refractivity contribution in [1.82, 2.24) is 0 Å². The van der Waals surface area contributed by atoms with Crippen molar-refractivity contribution in [1.29, 1.82) is 0 Å². The molecular weight excluding hydrogens is 440 g/mol. The first-order chi connectivity index (χ1) is 17.0. The zero-order valence-corrected chi connectivity index (χ0v) is 19.9. The first-order valence-electron chi connectivity index (χ1n) is 11.9. The van der Waals surface area contributed by atoms with Crippen LogP contribution in [0.4, 0.5) is 0 Å². The normalized spacial score (nSPS) is 12.0. The summed E-state index contributed by atoms with van der Waals surface area (Å²) in [5.74, 6) is -3.52. The van der Waals surface area contributed by atoms with Crippen molar-refractivity contribution in [2.45, 2.75) is 26.2 Å². The largest absolute Gasteiger partial charge is 0.465 e. The highest BCUT2D eigenvalue weighted by atomic mass is 16.6. The van der Waals surface area contributed by atoms with E-state index in [9.17, 15) is 14.4 Å². The van der Waals surface area contributed by atoms with Crippen LogP contribution in [0.1, 0.15) is 42.1 Å². The fraction of sp³-hybridized carbons (Fsp3) is 0.233. The number of ketones is 1. The van der Waals surface area contributed by atoms with Crippen LogP contribution in [0.15, 0.2) is 84.9 Å². The first kappa shape index (κ1) is 24.1. The standard InChI is InChI=1S/C30H28O5/c1-3-34-29(32)28(30(33)35-4-2)26(24-15-13-20-9-5-7-11-22(20)17-24)19-27(31)25-16-14-21-10-6-8-12-23(21)18-25/h5-18,26,28H,3-4,19H2,1-2H3. The third-order valence-electron chi connectivity index (χ3n) is 6.16. The minimum Gasteiger partial charge on any atom is -0.465 e. The molecule has 1 atom stereocenters. The van der Waals surface area contributed by atoms with Gasteiger partial charge in [0.1, 0.15) is 0 Å². The Labute approximate surface area is 204 Å². The molecule has 5 heteroatoms. The molecule has 0 saturated heterocycles. The van der Waals surface area contributed by atoms with Gasteiger partial charge in [0.05, 0.1) is 13.2 Å². The van der Waals surface area contributed by atoms with Crippen molar-refractivity contribution >= 4 is 39.3 Å². The topological polar surface area (TPSA) is 69.7 Å². The number of rotatable bonds is 9. The van der Waals surface area contributed by atoms with E-state index >= 15 is 0 Å². The highest BCUT2D eigenvalue weighted by molar-refractivity contribution is 6.02. The van der Waals surface area contributed by atoms with Crippen LogP contribution in [0.3, 0.4) is 0 Å². The summed E-state index contributed by atoms with van der Waals surface area (Å²) in [4.78, 5) is 39.5. The molecule has 0 heterocycles. The Kier molecular flexibility index (Phi) is 7.56. The van der Waals surface area contributed by atoms with Crippen LogP contribution < -0.4 is 0 Å². The predicted molar refractivity (Wildman–Crippen MR) is 136 cm³/mol. The van der Waals surface area contributed by atoms with Crippen LogP contribution in [0, 0.1) is 5.92 Å². The van der Waals surface area contributed by atoms with Crippen molar-refractivity contribution < 1.29 is 23.9 Å². The molecule has 0 radical (unpaired) electrons. The molecule has 0 aliphatic carbocycles. The molecule has 4 aromatic carbocycles. The fourth-order valence-electron chi connectivity index (χ4n) is 4.44. The molecule has 0 amide bonds. The number of benzene rings is 4. The summed E-state index contributed by atoms with van der Waals surface area (Å²) in [6.07, 6.45) is -0.0427. The van der Waals surface area contributed by atoms with Gasteiger partial charge in [-0.25, -0.2) is 0 Å². The molecule has 0 aliphatic rings. The Morgan fingerprint density at radius 1 is 0.657 bits per heavy atom. The van der Waals surface area contributed by atoms with E-state index in [1.807, 2.05) is 78.9 Å². The maximum absolute atomic E-state index is 13.5. The predicted octanol–water partition coefficient (Wildman–Crippen LogP) is 6.09. The molecule has 0 saturated carbocycles. The number of esters is 2. The van der Waals surface area contributed by atoms with E-state index in [0.29, 0.717) is 11.1 Å². The molecule has 4 aromatic rings. The van der Waals surface area contributed by atoms with Crippen LogP contribution in [0.5, 0.6) is 0 Å². The summed E-state index contributed by atoms with van der Waals surface area (Å²) in [7, 11) is 0. The van der Waals surface area contributed by atoms with Crippen LogP contribution in [-0.2, 0) is 19.1 Å². The number of ether oxygens (including phenoxy) is 2. The summed E-state index contributed by atoms with van der Waals surface area (Å²) in [6, 6.07) is 26.9. The van der Waals surface area contributed by atoms with Crippen molar-refractivity contribution in [3.8, 4) is 0 Å². The summed E-state index contributed by atoms with van der Waals surface area (Å²) in [5.41, 5.74) is 1.24. The monoisotopic (exact) mass is 468 g/mol. The minimum atomic E-state index is -1.25. The maximum Gasteiger partial charge on any atom is 0.320 e. The van der Waals surface area contributed by atoms with Gasteiger partial charge in [-0.05, 0) is 47.0 Å². The average molecular weight is 469 g/mol. The number of hydrogen-bond acceptors (Lipinski definition) is 5. The maximum atomic E-state index is 13.5. The second-order valence-corrected chi connectivity index (χ2v) is 8.38. The SMILES string of the molecule is CCOC(=O)C(C(=O)OCC)C(CC(=O)c1ccc2ccccc2c1)c1ccc2ccccc2c1. The summed E-state index contributed by atoms with van der Waals surface area (Å²) >= 11 is 0. The molecule has 4 rings (SSSR count). The number of carbonyl (C=O) groups is 3. The minimum absolute atomic E-state index is 0.0427. The quantitative estimate of drug-likeness (QED) is 0.169. The molecule has 0 fully saturated rings. The summed E-state index contributed by atoms with van der Waals surface area (Å²) < 4.78 is 10.5. The smallest absolute Gasteiger partial charge is 0.320 e. The molecule has 0 aromatic heterocycles. The highest BCUT2D eigenvalue weighted by Gasteiger charge is 2.39. The van der Waals surface area contributed by atoms with E-state index < -0.39 is 23.8 Å². The van der Waals surface area contributed by atoms with Crippen LogP contribution >= 0.6 is 0 Å². The lowest BCUT2D eigenvalue weighted by molar-refractivity contribution is -0.162. The second-order valence-electron chi connectivity index (χ2n) is 8.38. The average Bonchev–Trinajstić information content (AvgIpc) is 2.88. The number of hydrogen-bond donors (Lipinski definition) is 0. The molecule has 0 spiro atoms. The van der Waals surface area contributed by atoms with Gasteiger partial charge in [0, 0.05) is 17.9 Å². The van der Waals surface area contributed by atoms with Gasteiger partial charge < -0.3 is 9.47 Å². The summed E-state index contributed by atoms with van der Waals surface area (Å²) in [6.45, 7) is 3.62. The van der Waals surface area contributed by atoms with E-state index in [-0.39, 0.29) is 25.4 Å². The lowest BCUT2D eigenvalue weighted by Crippen LogP contribution is -2.34. The Bertz CT molecular complexity index is 1360. The van der Waals surface area contributed by atoms with E-state index in [0.717, 1.165) is 21.5 Å². The number of carbonyl (C=O) groups excluding carboxylic acids is 3. The van der Waals surface area contributed by atoms with Crippen LogP contribution in [0.25, 0.3) is 21.5 Å². The van der Waals surface area contributed by atoms with Gasteiger partial charge in [-0.3, -0.25) is 14.4 Å². The lowest BCUT2D eigenvalue weighted by atomic mass is 9.80.